The molecule has 3 N–H and O–H groups in total. The minimum atomic E-state index is -1.02. The van der Waals surface area contributed by atoms with Crippen molar-refractivity contribution in [2.24, 2.45) is 5.73 Å². The van der Waals surface area contributed by atoms with Gasteiger partial charge < -0.3 is 10.8 Å². The largest absolute Gasteiger partial charge is 0.480 e. The highest BCUT2D eigenvalue weighted by Gasteiger charge is 2.58. The van der Waals surface area contributed by atoms with Crippen molar-refractivity contribution in [2.45, 2.75) is 24.8 Å². The number of carbonyl (C=O) groups is 1. The number of hydrogen-bond acceptors (Lipinski definition) is 2. The number of benzene rings is 1. The highest BCUT2D eigenvalue weighted by atomic mass is 16.4. The second-order valence-electron chi connectivity index (χ2n) is 3.96. The summed E-state index contributed by atoms with van der Waals surface area (Å²) >= 11 is 0. The molecule has 2 rings (SSSR count). The van der Waals surface area contributed by atoms with Crippen molar-refractivity contribution in [3.8, 4) is 0 Å². The van der Waals surface area contributed by atoms with E-state index in [4.69, 9.17) is 10.8 Å². The lowest BCUT2D eigenvalue weighted by Gasteiger charge is -2.07. The number of hydrogen-bond donors (Lipinski definition) is 2. The Morgan fingerprint density at radius 3 is 2.71 bits per heavy atom. The van der Waals surface area contributed by atoms with Gasteiger partial charge in [-0.15, -0.1) is 0 Å². The molecule has 1 aromatic rings. The van der Waals surface area contributed by atoms with E-state index in [-0.39, 0.29) is 5.92 Å². The summed E-state index contributed by atoms with van der Waals surface area (Å²) in [6.07, 6.45) is 0.549. The van der Waals surface area contributed by atoms with E-state index in [1.807, 2.05) is 31.2 Å². The van der Waals surface area contributed by atoms with Gasteiger partial charge in [0.15, 0.2) is 0 Å². The van der Waals surface area contributed by atoms with Crippen LogP contribution in [0, 0.1) is 6.92 Å². The van der Waals surface area contributed by atoms with Crippen LogP contribution in [0.1, 0.15) is 23.5 Å². The van der Waals surface area contributed by atoms with E-state index in [0.29, 0.717) is 6.42 Å². The second-order valence-corrected chi connectivity index (χ2v) is 3.96. The first-order valence-corrected chi connectivity index (χ1v) is 4.63. The van der Waals surface area contributed by atoms with Gasteiger partial charge in [0.05, 0.1) is 0 Å². The molecule has 3 heteroatoms. The van der Waals surface area contributed by atoms with Crippen LogP contribution in [0.2, 0.25) is 0 Å². The fourth-order valence-electron chi connectivity index (χ4n) is 1.88. The highest BCUT2D eigenvalue weighted by Crippen LogP contribution is 2.50. The Morgan fingerprint density at radius 1 is 1.57 bits per heavy atom. The fourth-order valence-corrected chi connectivity index (χ4v) is 1.88. The minimum absolute atomic E-state index is 0.0128. The molecule has 74 valence electrons. The second kappa shape index (κ2) is 2.82. The fraction of sp³-hybridized carbons (Fsp3) is 0.364. The molecule has 0 bridgehead atoms. The molecule has 0 aromatic heterocycles. The first kappa shape index (κ1) is 9.21. The van der Waals surface area contributed by atoms with Crippen molar-refractivity contribution in [3.63, 3.8) is 0 Å². The molecule has 1 saturated carbocycles. The van der Waals surface area contributed by atoms with E-state index >= 15 is 0 Å². The van der Waals surface area contributed by atoms with Crippen LogP contribution in [0.5, 0.6) is 0 Å². The lowest BCUT2D eigenvalue weighted by molar-refractivity contribution is -0.139. The average molecular weight is 191 g/mol. The van der Waals surface area contributed by atoms with E-state index in [1.54, 1.807) is 0 Å². The molecule has 0 spiro atoms. The van der Waals surface area contributed by atoms with Crippen LogP contribution >= 0.6 is 0 Å². The zero-order valence-corrected chi connectivity index (χ0v) is 8.03. The number of rotatable bonds is 2. The van der Waals surface area contributed by atoms with Gasteiger partial charge in [-0.25, -0.2) is 0 Å². The molecule has 0 heterocycles. The standard InChI is InChI=1S/C11H13NO2/c1-7-4-2-3-5-8(7)9-6-11(9,12)10(13)14/h2-5,9H,6,12H2,1H3,(H,13,14). The van der Waals surface area contributed by atoms with Gasteiger partial charge in [-0.05, 0) is 24.5 Å². The number of aliphatic carboxylic acids is 1. The summed E-state index contributed by atoms with van der Waals surface area (Å²) in [7, 11) is 0. The Hall–Kier alpha value is -1.35. The normalized spacial score (nSPS) is 30.0. The van der Waals surface area contributed by atoms with Crippen LogP contribution < -0.4 is 5.73 Å². The summed E-state index contributed by atoms with van der Waals surface area (Å²) in [5.74, 6) is -0.910. The van der Waals surface area contributed by atoms with Crippen LogP contribution in [0.25, 0.3) is 0 Å². The third-order valence-electron chi connectivity index (χ3n) is 2.97. The Morgan fingerprint density at radius 2 is 2.21 bits per heavy atom. The summed E-state index contributed by atoms with van der Waals surface area (Å²) in [5, 5.41) is 8.91. The van der Waals surface area contributed by atoms with E-state index in [2.05, 4.69) is 0 Å². The average Bonchev–Trinajstić information content (AvgIpc) is 2.80. The zero-order chi connectivity index (χ0) is 10.3. The third kappa shape index (κ3) is 1.21. The maximum Gasteiger partial charge on any atom is 0.324 e. The molecule has 1 aromatic carbocycles. The Balaban J connectivity index is 2.29. The van der Waals surface area contributed by atoms with Gasteiger partial charge in [0.2, 0.25) is 0 Å². The Labute approximate surface area is 82.5 Å². The number of aryl methyl sites for hydroxylation is 1. The van der Waals surface area contributed by atoms with Crippen molar-refractivity contribution >= 4 is 5.97 Å². The first-order valence-electron chi connectivity index (χ1n) is 4.63. The SMILES string of the molecule is Cc1ccccc1C1CC1(N)C(=O)O. The van der Waals surface area contributed by atoms with Gasteiger partial charge in [0.1, 0.15) is 5.54 Å². The Bertz CT molecular complexity index is 389. The monoisotopic (exact) mass is 191 g/mol. The molecule has 0 radical (unpaired) electrons. The lowest BCUT2D eigenvalue weighted by Crippen LogP contribution is -2.34. The maximum atomic E-state index is 10.9. The third-order valence-corrected chi connectivity index (χ3v) is 2.97. The molecule has 14 heavy (non-hydrogen) atoms. The molecular formula is C11H13NO2. The zero-order valence-electron chi connectivity index (χ0n) is 8.03. The number of carboxylic acids is 1. The van der Waals surface area contributed by atoms with Crippen LogP contribution in [0.4, 0.5) is 0 Å². The molecule has 0 aliphatic heterocycles. The van der Waals surface area contributed by atoms with Crippen molar-refractivity contribution in [1.29, 1.82) is 0 Å². The molecular weight excluding hydrogens is 178 g/mol. The lowest BCUT2D eigenvalue weighted by atomic mass is 10.0. The van der Waals surface area contributed by atoms with E-state index < -0.39 is 11.5 Å². The van der Waals surface area contributed by atoms with Crippen LogP contribution in [0.15, 0.2) is 24.3 Å². The molecule has 1 fully saturated rings. The number of nitrogens with two attached hydrogens (primary N) is 1. The summed E-state index contributed by atoms with van der Waals surface area (Å²) < 4.78 is 0. The first-order chi connectivity index (χ1) is 6.55. The quantitative estimate of drug-likeness (QED) is 0.739. The van der Waals surface area contributed by atoms with Crippen LogP contribution in [-0.2, 0) is 4.79 Å². The maximum absolute atomic E-state index is 10.9. The highest BCUT2D eigenvalue weighted by molar-refractivity contribution is 5.85. The van der Waals surface area contributed by atoms with Gasteiger partial charge in [-0.3, -0.25) is 4.79 Å². The smallest absolute Gasteiger partial charge is 0.324 e. The van der Waals surface area contributed by atoms with E-state index in [0.717, 1.165) is 11.1 Å². The van der Waals surface area contributed by atoms with Crippen molar-refractivity contribution < 1.29 is 9.90 Å². The van der Waals surface area contributed by atoms with Gasteiger partial charge in [-0.2, -0.15) is 0 Å². The molecule has 2 atom stereocenters. The number of carboxylic acid groups (broad SMARTS) is 1. The minimum Gasteiger partial charge on any atom is -0.480 e. The molecule has 1 aliphatic carbocycles. The van der Waals surface area contributed by atoms with Gasteiger partial charge in [0.25, 0.3) is 0 Å². The molecule has 0 saturated heterocycles. The van der Waals surface area contributed by atoms with Gasteiger partial charge >= 0.3 is 5.97 Å². The summed E-state index contributed by atoms with van der Waals surface area (Å²) in [4.78, 5) is 10.9. The van der Waals surface area contributed by atoms with Crippen LogP contribution in [0.3, 0.4) is 0 Å². The summed E-state index contributed by atoms with van der Waals surface area (Å²) in [5.41, 5.74) is 6.90. The molecule has 0 amide bonds. The van der Waals surface area contributed by atoms with E-state index in [9.17, 15) is 4.79 Å². The Kier molecular flexibility index (Phi) is 1.86. The topological polar surface area (TPSA) is 63.3 Å². The molecule has 1 aliphatic rings. The van der Waals surface area contributed by atoms with E-state index in [1.165, 1.54) is 0 Å². The summed E-state index contributed by atoms with van der Waals surface area (Å²) in [6.45, 7) is 1.98. The molecule has 2 unspecified atom stereocenters. The van der Waals surface area contributed by atoms with Crippen molar-refractivity contribution in [3.05, 3.63) is 35.4 Å². The molecule has 3 nitrogen and oxygen atoms in total. The predicted molar refractivity (Wildman–Crippen MR) is 53.1 cm³/mol. The van der Waals surface area contributed by atoms with Gasteiger partial charge in [0, 0.05) is 5.92 Å². The van der Waals surface area contributed by atoms with Crippen molar-refractivity contribution in [2.75, 3.05) is 0 Å². The predicted octanol–water partition coefficient (Wildman–Crippen LogP) is 1.26. The van der Waals surface area contributed by atoms with Crippen molar-refractivity contribution in [1.82, 2.24) is 0 Å². The van der Waals surface area contributed by atoms with Gasteiger partial charge in [-0.1, -0.05) is 24.3 Å². The summed E-state index contributed by atoms with van der Waals surface area (Å²) in [6, 6.07) is 7.80. The van der Waals surface area contributed by atoms with Crippen LogP contribution in [-0.4, -0.2) is 16.6 Å².